The number of carbonyl (C=O) groups excluding carboxylic acids is 2. The predicted molar refractivity (Wildman–Crippen MR) is 43.0 cm³/mol. The van der Waals surface area contributed by atoms with Crippen LogP contribution in [-0.4, -0.2) is 24.4 Å². The maximum Gasteiger partial charge on any atom is 0.243 e. The number of nitrogens with one attached hydrogen (secondary N) is 2. The molecule has 4 heteroatoms. The summed E-state index contributed by atoms with van der Waals surface area (Å²) in [7, 11) is 0. The summed E-state index contributed by atoms with van der Waals surface area (Å²) in [6, 6.07) is -0.442. The Morgan fingerprint density at radius 3 is 3.00 bits per heavy atom. The molecule has 1 unspecified atom stereocenters. The fraction of sp³-hybridized carbons (Fsp3) is 0.500. The van der Waals surface area contributed by atoms with Gasteiger partial charge in [0.1, 0.15) is 6.04 Å². The van der Waals surface area contributed by atoms with Crippen LogP contribution in [0.3, 0.4) is 0 Å². The molecule has 1 heterocycles. The van der Waals surface area contributed by atoms with Crippen molar-refractivity contribution in [2.24, 2.45) is 0 Å². The highest BCUT2D eigenvalue weighted by Crippen LogP contribution is 1.99. The van der Waals surface area contributed by atoms with Gasteiger partial charge in [-0.1, -0.05) is 0 Å². The van der Waals surface area contributed by atoms with Crippen LogP contribution in [0.25, 0.3) is 0 Å². The predicted octanol–water partition coefficient (Wildman–Crippen LogP) is -0.986. The van der Waals surface area contributed by atoms with Gasteiger partial charge in [0.05, 0.1) is 6.54 Å². The van der Waals surface area contributed by atoms with Crippen molar-refractivity contribution in [3.63, 3.8) is 0 Å². The van der Waals surface area contributed by atoms with Crippen LogP contribution in [0.15, 0.2) is 0 Å². The number of carbonyl (C=O) groups is 2. The summed E-state index contributed by atoms with van der Waals surface area (Å²) >= 11 is 0. The minimum absolute atomic E-state index is 0.0748. The third kappa shape index (κ3) is 1.99. The standard InChI is InChI=1S/C8H10N2O2/c1-2-3-4-6-8(12)9-5-7(11)10-6/h1,6H,3-5H2,(H,9,12)(H,10,11). The van der Waals surface area contributed by atoms with Crippen molar-refractivity contribution in [2.75, 3.05) is 6.54 Å². The number of hydrogen-bond acceptors (Lipinski definition) is 2. The van der Waals surface area contributed by atoms with E-state index in [1.54, 1.807) is 0 Å². The van der Waals surface area contributed by atoms with Gasteiger partial charge in [-0.2, -0.15) is 0 Å². The highest BCUT2D eigenvalue weighted by Gasteiger charge is 2.24. The van der Waals surface area contributed by atoms with E-state index in [9.17, 15) is 9.59 Å². The summed E-state index contributed by atoms with van der Waals surface area (Å²) in [5.74, 6) is 2.11. The van der Waals surface area contributed by atoms with E-state index in [1.807, 2.05) is 0 Å². The number of amides is 2. The van der Waals surface area contributed by atoms with Crippen LogP contribution in [-0.2, 0) is 9.59 Å². The van der Waals surface area contributed by atoms with Crippen LogP contribution in [0, 0.1) is 12.3 Å². The molecule has 0 spiro atoms. The Hall–Kier alpha value is -1.50. The summed E-state index contributed by atoms with van der Waals surface area (Å²) in [5, 5.41) is 5.03. The Kier molecular flexibility index (Phi) is 2.70. The van der Waals surface area contributed by atoms with E-state index in [0.29, 0.717) is 12.8 Å². The van der Waals surface area contributed by atoms with Gasteiger partial charge in [0.2, 0.25) is 11.8 Å². The molecule has 1 fully saturated rings. The minimum atomic E-state index is -0.442. The normalized spacial score (nSPS) is 22.4. The average molecular weight is 166 g/mol. The first-order chi connectivity index (χ1) is 5.74. The maximum absolute atomic E-state index is 11.1. The van der Waals surface area contributed by atoms with Gasteiger partial charge in [-0.3, -0.25) is 9.59 Å². The lowest BCUT2D eigenvalue weighted by Gasteiger charge is -2.22. The first kappa shape index (κ1) is 8.60. The topological polar surface area (TPSA) is 58.2 Å². The molecule has 1 atom stereocenters. The summed E-state index contributed by atoms with van der Waals surface area (Å²) in [6.07, 6.45) is 6.04. The molecule has 0 saturated carbocycles. The Morgan fingerprint density at radius 2 is 2.33 bits per heavy atom. The van der Waals surface area contributed by atoms with Gasteiger partial charge in [-0.05, 0) is 6.42 Å². The molecule has 0 aliphatic carbocycles. The molecule has 0 aromatic carbocycles. The first-order valence-corrected chi connectivity index (χ1v) is 3.74. The van der Waals surface area contributed by atoms with Crippen molar-refractivity contribution in [2.45, 2.75) is 18.9 Å². The van der Waals surface area contributed by atoms with Crippen LogP contribution in [0.5, 0.6) is 0 Å². The van der Waals surface area contributed by atoms with E-state index in [-0.39, 0.29) is 18.4 Å². The lowest BCUT2D eigenvalue weighted by molar-refractivity contribution is -0.133. The molecule has 2 N–H and O–H groups in total. The second-order valence-corrected chi connectivity index (χ2v) is 2.58. The van der Waals surface area contributed by atoms with Gasteiger partial charge in [-0.15, -0.1) is 12.3 Å². The average Bonchev–Trinajstić information content (AvgIpc) is 2.07. The molecule has 4 nitrogen and oxygen atoms in total. The molecular weight excluding hydrogens is 156 g/mol. The van der Waals surface area contributed by atoms with Crippen molar-refractivity contribution in [1.82, 2.24) is 10.6 Å². The molecule has 1 saturated heterocycles. The summed E-state index contributed by atoms with van der Waals surface area (Å²) in [5.41, 5.74) is 0. The number of hydrogen-bond donors (Lipinski definition) is 2. The van der Waals surface area contributed by atoms with Gasteiger partial charge < -0.3 is 10.6 Å². The van der Waals surface area contributed by atoms with Crippen molar-refractivity contribution >= 4 is 11.8 Å². The van der Waals surface area contributed by atoms with Crippen molar-refractivity contribution < 1.29 is 9.59 Å². The van der Waals surface area contributed by atoms with Gasteiger partial charge in [0, 0.05) is 6.42 Å². The summed E-state index contributed by atoms with van der Waals surface area (Å²) in [6.45, 7) is 0.0748. The summed E-state index contributed by atoms with van der Waals surface area (Å²) in [4.78, 5) is 21.9. The second kappa shape index (κ2) is 3.77. The molecular formula is C8H10N2O2. The quantitative estimate of drug-likeness (QED) is 0.518. The zero-order chi connectivity index (χ0) is 8.97. The number of terminal acetylenes is 1. The molecule has 1 rings (SSSR count). The van der Waals surface area contributed by atoms with E-state index in [0.717, 1.165) is 0 Å². The van der Waals surface area contributed by atoms with Crippen molar-refractivity contribution in [1.29, 1.82) is 0 Å². The third-order valence-electron chi connectivity index (χ3n) is 1.65. The Morgan fingerprint density at radius 1 is 1.58 bits per heavy atom. The number of rotatable bonds is 2. The monoisotopic (exact) mass is 166 g/mol. The van der Waals surface area contributed by atoms with Crippen LogP contribution in [0.4, 0.5) is 0 Å². The van der Waals surface area contributed by atoms with Gasteiger partial charge >= 0.3 is 0 Å². The van der Waals surface area contributed by atoms with Crippen LogP contribution in [0.2, 0.25) is 0 Å². The van der Waals surface area contributed by atoms with E-state index in [2.05, 4.69) is 16.6 Å². The van der Waals surface area contributed by atoms with E-state index in [1.165, 1.54) is 0 Å². The lowest BCUT2D eigenvalue weighted by Crippen LogP contribution is -2.55. The van der Waals surface area contributed by atoms with Gasteiger partial charge in [-0.25, -0.2) is 0 Å². The third-order valence-corrected chi connectivity index (χ3v) is 1.65. The Labute approximate surface area is 70.7 Å². The molecule has 1 aliphatic rings. The lowest BCUT2D eigenvalue weighted by atomic mass is 10.1. The summed E-state index contributed by atoms with van der Waals surface area (Å²) < 4.78 is 0. The fourth-order valence-electron chi connectivity index (χ4n) is 1.03. The second-order valence-electron chi connectivity index (χ2n) is 2.58. The molecule has 0 aromatic heterocycles. The number of piperazine rings is 1. The molecule has 12 heavy (non-hydrogen) atoms. The highest BCUT2D eigenvalue weighted by molar-refractivity contribution is 5.94. The van der Waals surface area contributed by atoms with Crippen LogP contribution < -0.4 is 10.6 Å². The van der Waals surface area contributed by atoms with E-state index in [4.69, 9.17) is 6.42 Å². The Balaban J connectivity index is 2.45. The van der Waals surface area contributed by atoms with Crippen LogP contribution in [0.1, 0.15) is 12.8 Å². The fourth-order valence-corrected chi connectivity index (χ4v) is 1.03. The molecule has 0 radical (unpaired) electrons. The molecule has 2 amide bonds. The smallest absolute Gasteiger partial charge is 0.243 e. The van der Waals surface area contributed by atoms with Gasteiger partial charge in [0.25, 0.3) is 0 Å². The van der Waals surface area contributed by atoms with Gasteiger partial charge in [0.15, 0.2) is 0 Å². The largest absolute Gasteiger partial charge is 0.345 e. The minimum Gasteiger partial charge on any atom is -0.345 e. The molecule has 64 valence electrons. The first-order valence-electron chi connectivity index (χ1n) is 3.74. The highest BCUT2D eigenvalue weighted by atomic mass is 16.2. The SMILES string of the molecule is C#CCCC1NC(=O)CNC1=O. The molecule has 0 aromatic rings. The van der Waals surface area contributed by atoms with E-state index < -0.39 is 6.04 Å². The zero-order valence-corrected chi connectivity index (χ0v) is 6.59. The Bertz CT molecular complexity index is 242. The van der Waals surface area contributed by atoms with Crippen LogP contribution >= 0.6 is 0 Å². The van der Waals surface area contributed by atoms with Crippen molar-refractivity contribution in [3.05, 3.63) is 0 Å². The van der Waals surface area contributed by atoms with Crippen molar-refractivity contribution in [3.8, 4) is 12.3 Å². The maximum atomic E-state index is 11.1. The molecule has 0 bridgehead atoms. The van der Waals surface area contributed by atoms with E-state index >= 15 is 0 Å². The zero-order valence-electron chi connectivity index (χ0n) is 6.59. The molecule has 1 aliphatic heterocycles.